The minimum atomic E-state index is -0.352. The van der Waals surface area contributed by atoms with Crippen LogP contribution in [0.15, 0.2) is 97.1 Å². The first kappa shape index (κ1) is 22.5. The van der Waals surface area contributed by atoms with Crippen LogP contribution < -0.4 is 10.6 Å². The van der Waals surface area contributed by atoms with Gasteiger partial charge in [-0.3, -0.25) is 0 Å². The molecule has 2 aliphatic rings. The average Bonchev–Trinajstić information content (AvgIpc) is 3.47. The molecule has 0 N–H and O–H groups in total. The lowest BCUT2D eigenvalue weighted by Gasteiger charge is -2.33. The van der Waals surface area contributed by atoms with Gasteiger partial charge in [0.2, 0.25) is 0 Å². The molecule has 0 saturated carbocycles. The molecule has 6 rings (SSSR count). The van der Waals surface area contributed by atoms with Crippen molar-refractivity contribution in [1.29, 1.82) is 0 Å². The normalized spacial score (nSPS) is 25.8. The summed E-state index contributed by atoms with van der Waals surface area (Å²) in [5, 5.41) is 6.31. The van der Waals surface area contributed by atoms with Gasteiger partial charge in [-0.25, -0.2) is 0 Å². The molecule has 0 bridgehead atoms. The van der Waals surface area contributed by atoms with Crippen LogP contribution in [0, 0.1) is 0 Å². The average molecular weight is 481 g/mol. The third kappa shape index (κ3) is 4.04. The molecule has 0 spiro atoms. The Morgan fingerprint density at radius 2 is 0.912 bits per heavy atom. The third-order valence-corrected chi connectivity index (χ3v) is 15.0. The van der Waals surface area contributed by atoms with Gasteiger partial charge >= 0.3 is 0 Å². The summed E-state index contributed by atoms with van der Waals surface area (Å²) in [6, 6.07) is 37.2. The van der Waals surface area contributed by atoms with Crippen LogP contribution in [0.3, 0.4) is 0 Å². The van der Waals surface area contributed by atoms with E-state index in [1.165, 1.54) is 36.5 Å². The zero-order valence-corrected chi connectivity index (χ0v) is 22.1. The van der Waals surface area contributed by atoms with Crippen LogP contribution in [-0.4, -0.2) is 11.3 Å². The number of fused-ring (bicyclic) bond motifs is 1. The van der Waals surface area contributed by atoms with Crippen molar-refractivity contribution in [1.82, 2.24) is 0 Å². The van der Waals surface area contributed by atoms with Crippen molar-refractivity contribution in [3.8, 4) is 0 Å². The minimum absolute atomic E-state index is 0.132. The predicted octanol–water partition coefficient (Wildman–Crippen LogP) is 8.90. The van der Waals surface area contributed by atoms with Gasteiger partial charge in [0.1, 0.15) is 0 Å². The molecule has 172 valence electrons. The van der Waals surface area contributed by atoms with Gasteiger partial charge in [0.15, 0.2) is 0 Å². The maximum Gasteiger partial charge on any atom is 0.00880 e. The first-order chi connectivity index (χ1) is 16.7. The summed E-state index contributed by atoms with van der Waals surface area (Å²) in [5.74, 6) is 0. The van der Waals surface area contributed by atoms with E-state index in [0.717, 1.165) is 11.3 Å². The molecule has 0 aromatic heterocycles. The second kappa shape index (κ2) is 9.57. The van der Waals surface area contributed by atoms with Crippen LogP contribution in [0.1, 0.15) is 62.0 Å². The summed E-state index contributed by atoms with van der Waals surface area (Å²) < 4.78 is 0. The van der Waals surface area contributed by atoms with E-state index in [9.17, 15) is 0 Å². The number of rotatable bonds is 4. The highest BCUT2D eigenvalue weighted by molar-refractivity contribution is 7.73. The molecule has 0 aliphatic carbocycles. The molecule has 0 amide bonds. The molecule has 2 saturated heterocycles. The van der Waals surface area contributed by atoms with Crippen molar-refractivity contribution in [2.75, 3.05) is 0 Å². The van der Waals surface area contributed by atoms with Gasteiger partial charge in [-0.2, -0.15) is 0 Å². The largest absolute Gasteiger partial charge is 0.0688 e. The van der Waals surface area contributed by atoms with Crippen LogP contribution in [0.5, 0.6) is 0 Å². The van der Waals surface area contributed by atoms with E-state index in [1.54, 1.807) is 21.7 Å². The van der Waals surface area contributed by atoms with Crippen molar-refractivity contribution >= 4 is 37.2 Å². The summed E-state index contributed by atoms with van der Waals surface area (Å²) in [6.45, 7) is 5.05. The lowest BCUT2D eigenvalue weighted by atomic mass is 10.0. The van der Waals surface area contributed by atoms with E-state index < -0.39 is 0 Å². The predicted molar refractivity (Wildman–Crippen MR) is 153 cm³/mol. The molecule has 2 heteroatoms. The third-order valence-electron chi connectivity index (χ3n) is 8.10. The Balaban J connectivity index is 1.57. The van der Waals surface area contributed by atoms with Crippen molar-refractivity contribution < 1.29 is 0 Å². The van der Waals surface area contributed by atoms with Gasteiger partial charge in [-0.15, -0.1) is 0 Å². The maximum atomic E-state index is 2.63. The second-order valence-corrected chi connectivity index (χ2v) is 15.8. The Morgan fingerprint density at radius 3 is 1.38 bits per heavy atom. The Kier molecular flexibility index (Phi) is 6.32. The second-order valence-electron chi connectivity index (χ2n) is 10.2. The zero-order valence-electron chi connectivity index (χ0n) is 20.3. The molecular formula is C32H34P2. The van der Waals surface area contributed by atoms with Crippen molar-refractivity contribution in [3.63, 3.8) is 0 Å². The highest BCUT2D eigenvalue weighted by atomic mass is 31.1. The lowest BCUT2D eigenvalue weighted by molar-refractivity contribution is 0.765. The molecule has 34 heavy (non-hydrogen) atoms. The summed E-state index contributed by atoms with van der Waals surface area (Å²) in [5.41, 5.74) is 6.03. The van der Waals surface area contributed by atoms with Crippen LogP contribution in [0.4, 0.5) is 0 Å². The van der Waals surface area contributed by atoms with E-state index >= 15 is 0 Å². The van der Waals surface area contributed by atoms with Crippen LogP contribution >= 0.6 is 15.8 Å². The monoisotopic (exact) mass is 480 g/mol. The van der Waals surface area contributed by atoms with Crippen molar-refractivity contribution in [3.05, 3.63) is 108 Å². The fourth-order valence-corrected chi connectivity index (χ4v) is 14.0. The van der Waals surface area contributed by atoms with Gasteiger partial charge < -0.3 is 0 Å². The Labute approximate surface area is 207 Å². The SMILES string of the molecule is C[C@@H]1CC[C@@H](C)P1c1cc2ccccc2cc1P1[C@H](c2ccccc2)CC[C@H]1c1ccccc1. The minimum Gasteiger partial charge on any atom is -0.0688 e. The van der Waals surface area contributed by atoms with Crippen molar-refractivity contribution in [2.45, 2.75) is 62.2 Å². The van der Waals surface area contributed by atoms with E-state index in [0.29, 0.717) is 11.3 Å². The van der Waals surface area contributed by atoms with E-state index in [1.807, 2.05) is 0 Å². The first-order valence-electron chi connectivity index (χ1n) is 12.9. The molecular weight excluding hydrogens is 446 g/mol. The Hall–Kier alpha value is -2.00. The van der Waals surface area contributed by atoms with Gasteiger partial charge in [0, 0.05) is 11.3 Å². The van der Waals surface area contributed by atoms with E-state index in [2.05, 4.69) is 111 Å². The molecule has 0 unspecified atom stereocenters. The van der Waals surface area contributed by atoms with Gasteiger partial charge in [0.05, 0.1) is 0 Å². The lowest BCUT2D eigenvalue weighted by Crippen LogP contribution is -2.27. The number of hydrogen-bond acceptors (Lipinski definition) is 0. The van der Waals surface area contributed by atoms with Gasteiger partial charge in [0.25, 0.3) is 0 Å². The molecule has 0 nitrogen and oxygen atoms in total. The highest BCUT2D eigenvalue weighted by Gasteiger charge is 2.42. The molecule has 2 aliphatic heterocycles. The van der Waals surface area contributed by atoms with E-state index in [4.69, 9.17) is 0 Å². The van der Waals surface area contributed by atoms with Gasteiger partial charge in [-0.05, 0) is 81.6 Å². The quantitative estimate of drug-likeness (QED) is 0.256. The van der Waals surface area contributed by atoms with Gasteiger partial charge in [-0.1, -0.05) is 115 Å². The Morgan fingerprint density at radius 1 is 0.500 bits per heavy atom. The summed E-state index contributed by atoms with van der Waals surface area (Å²) in [6.07, 6.45) is 5.37. The topological polar surface area (TPSA) is 0 Å². The standard InChI is InChI=1S/C32H34P2/c1-23-17-18-24(2)33(23)31-21-27-15-9-10-16-28(27)22-32(31)34-29(25-11-5-3-6-12-25)19-20-30(34)26-13-7-4-8-14-26/h3-16,21-24,29-30H,17-20H2,1-2H3/t23-,24-,29+,30+/m1/s1. The fraction of sp³-hybridized carbons (Fsp3) is 0.312. The first-order valence-corrected chi connectivity index (χ1v) is 15.9. The Bertz CT molecular complexity index is 1210. The molecule has 2 fully saturated rings. The molecule has 4 aromatic rings. The summed E-state index contributed by atoms with van der Waals surface area (Å²) in [7, 11) is -0.484. The zero-order chi connectivity index (χ0) is 23.1. The summed E-state index contributed by atoms with van der Waals surface area (Å²) in [4.78, 5) is 0. The molecule has 0 radical (unpaired) electrons. The van der Waals surface area contributed by atoms with Crippen molar-refractivity contribution in [2.24, 2.45) is 0 Å². The highest BCUT2D eigenvalue weighted by Crippen LogP contribution is 2.70. The smallest absolute Gasteiger partial charge is 0.00880 e. The molecule has 4 aromatic carbocycles. The van der Waals surface area contributed by atoms with Crippen LogP contribution in [-0.2, 0) is 0 Å². The van der Waals surface area contributed by atoms with Crippen LogP contribution in [0.2, 0.25) is 0 Å². The molecule has 2 heterocycles. The molecule has 4 atom stereocenters. The fourth-order valence-electron chi connectivity index (χ4n) is 6.45. The number of benzene rings is 4. The summed E-state index contributed by atoms with van der Waals surface area (Å²) >= 11 is 0. The number of hydrogen-bond donors (Lipinski definition) is 0. The maximum absolute atomic E-state index is 2.63. The van der Waals surface area contributed by atoms with E-state index in [-0.39, 0.29) is 15.8 Å². The van der Waals surface area contributed by atoms with Crippen LogP contribution in [0.25, 0.3) is 10.8 Å².